The van der Waals surface area contributed by atoms with E-state index in [-0.39, 0.29) is 6.09 Å². The highest BCUT2D eigenvalue weighted by atomic mass is 79.9. The third-order valence-electron chi connectivity index (χ3n) is 3.84. The Bertz CT molecular complexity index is 601. The molecule has 8 heteroatoms. The molecule has 0 saturated carbocycles. The number of aromatic nitrogens is 2. The summed E-state index contributed by atoms with van der Waals surface area (Å²) in [6.45, 7) is 7.51. The molecule has 0 atom stereocenters. The van der Waals surface area contributed by atoms with Gasteiger partial charge >= 0.3 is 12.1 Å². The zero-order chi connectivity index (χ0) is 17.9. The van der Waals surface area contributed by atoms with Crippen molar-refractivity contribution < 1.29 is 19.1 Å². The van der Waals surface area contributed by atoms with Crippen molar-refractivity contribution in [3.05, 3.63) is 16.4 Å². The van der Waals surface area contributed by atoms with Crippen molar-refractivity contribution in [2.24, 2.45) is 5.92 Å². The Labute approximate surface area is 150 Å². The van der Waals surface area contributed by atoms with E-state index >= 15 is 0 Å². The molecule has 134 valence electrons. The van der Waals surface area contributed by atoms with Crippen LogP contribution >= 0.6 is 15.9 Å². The summed E-state index contributed by atoms with van der Waals surface area (Å²) in [7, 11) is 1.35. The van der Waals surface area contributed by atoms with Crippen LogP contribution in [0.4, 0.5) is 4.79 Å². The molecule has 1 aromatic rings. The Morgan fingerprint density at radius 3 is 2.50 bits per heavy atom. The summed E-state index contributed by atoms with van der Waals surface area (Å²) in [5.74, 6) is -0.0571. The summed E-state index contributed by atoms with van der Waals surface area (Å²) in [5, 5.41) is 4.30. The van der Waals surface area contributed by atoms with Crippen molar-refractivity contribution in [3.63, 3.8) is 0 Å². The third kappa shape index (κ3) is 4.96. The normalized spacial score (nSPS) is 16.1. The Morgan fingerprint density at radius 1 is 1.33 bits per heavy atom. The van der Waals surface area contributed by atoms with Gasteiger partial charge in [0.1, 0.15) is 15.9 Å². The number of carbonyl (C=O) groups is 2. The molecule has 0 aromatic carbocycles. The first-order valence-corrected chi connectivity index (χ1v) is 8.78. The molecule has 1 aliphatic rings. The molecule has 0 unspecified atom stereocenters. The number of rotatable bonds is 3. The van der Waals surface area contributed by atoms with Gasteiger partial charge in [-0.1, -0.05) is 0 Å². The molecular formula is C16H24BrN3O4. The zero-order valence-electron chi connectivity index (χ0n) is 14.5. The van der Waals surface area contributed by atoms with Crippen molar-refractivity contribution >= 4 is 28.0 Å². The van der Waals surface area contributed by atoms with Crippen LogP contribution in [-0.4, -0.2) is 52.5 Å². The van der Waals surface area contributed by atoms with Gasteiger partial charge in [0.15, 0.2) is 0 Å². The molecule has 2 rings (SSSR count). The number of likely N-dealkylation sites (tertiary alicyclic amines) is 1. The maximum absolute atomic E-state index is 12.1. The van der Waals surface area contributed by atoms with Gasteiger partial charge in [-0.15, -0.1) is 0 Å². The van der Waals surface area contributed by atoms with Crippen LogP contribution in [0, 0.1) is 5.92 Å². The van der Waals surface area contributed by atoms with E-state index in [2.05, 4.69) is 21.0 Å². The second kappa shape index (κ2) is 7.55. The number of piperidine rings is 1. The minimum Gasteiger partial charge on any atom is -0.464 e. The first-order valence-electron chi connectivity index (χ1n) is 7.99. The van der Waals surface area contributed by atoms with Crippen LogP contribution in [0.1, 0.15) is 44.1 Å². The lowest BCUT2D eigenvalue weighted by Gasteiger charge is -2.33. The first-order chi connectivity index (χ1) is 11.2. The second-order valence-corrected chi connectivity index (χ2v) is 7.75. The van der Waals surface area contributed by atoms with Crippen molar-refractivity contribution in [2.45, 2.75) is 45.8 Å². The topological polar surface area (TPSA) is 73.7 Å². The largest absolute Gasteiger partial charge is 0.464 e. The molecular weight excluding hydrogens is 378 g/mol. The molecule has 0 radical (unpaired) electrons. The summed E-state index contributed by atoms with van der Waals surface area (Å²) in [6.07, 6.45) is 1.42. The van der Waals surface area contributed by atoms with Crippen LogP contribution in [0.3, 0.4) is 0 Å². The highest BCUT2D eigenvalue weighted by Crippen LogP contribution is 2.22. The predicted molar refractivity (Wildman–Crippen MR) is 91.8 cm³/mol. The number of esters is 1. The standard InChI is InChI=1S/C16H24BrN3O4/c1-16(2,3)24-15(22)19-7-5-11(6-8-19)10-20-12(14(21)23-4)9-13(17)18-20/h9,11H,5-8,10H2,1-4H3. The average Bonchev–Trinajstić information content (AvgIpc) is 2.86. The second-order valence-electron chi connectivity index (χ2n) is 6.94. The fourth-order valence-electron chi connectivity index (χ4n) is 2.66. The van der Waals surface area contributed by atoms with E-state index in [0.29, 0.717) is 35.8 Å². The minimum atomic E-state index is -0.481. The molecule has 7 nitrogen and oxygen atoms in total. The van der Waals surface area contributed by atoms with Gasteiger partial charge in [-0.2, -0.15) is 5.10 Å². The number of halogens is 1. The van der Waals surface area contributed by atoms with Gasteiger partial charge in [0.05, 0.1) is 7.11 Å². The van der Waals surface area contributed by atoms with Gasteiger partial charge in [0.25, 0.3) is 0 Å². The molecule has 1 aliphatic heterocycles. The van der Waals surface area contributed by atoms with Crippen LogP contribution in [0.15, 0.2) is 10.7 Å². The number of carbonyl (C=O) groups excluding carboxylic acids is 2. The van der Waals surface area contributed by atoms with Crippen LogP contribution in [0.25, 0.3) is 0 Å². The summed E-state index contributed by atoms with van der Waals surface area (Å²) < 4.78 is 12.5. The highest BCUT2D eigenvalue weighted by molar-refractivity contribution is 9.10. The smallest absolute Gasteiger partial charge is 0.410 e. The molecule has 0 N–H and O–H groups in total. The fraction of sp³-hybridized carbons (Fsp3) is 0.688. The van der Waals surface area contributed by atoms with Crippen molar-refractivity contribution in [3.8, 4) is 0 Å². The quantitative estimate of drug-likeness (QED) is 0.727. The molecule has 0 aliphatic carbocycles. The van der Waals surface area contributed by atoms with E-state index in [0.717, 1.165) is 12.8 Å². The van der Waals surface area contributed by atoms with E-state index in [9.17, 15) is 9.59 Å². The molecule has 1 saturated heterocycles. The lowest BCUT2D eigenvalue weighted by Crippen LogP contribution is -2.42. The van der Waals surface area contributed by atoms with Gasteiger partial charge in [0.2, 0.25) is 0 Å². The van der Waals surface area contributed by atoms with Gasteiger partial charge in [-0.05, 0) is 55.5 Å². The summed E-state index contributed by atoms with van der Waals surface area (Å²) in [5.41, 5.74) is -0.0519. The van der Waals surface area contributed by atoms with E-state index in [4.69, 9.17) is 9.47 Å². The minimum absolute atomic E-state index is 0.266. The lowest BCUT2D eigenvalue weighted by atomic mass is 9.97. The fourth-order valence-corrected chi connectivity index (χ4v) is 3.07. The SMILES string of the molecule is COC(=O)c1cc(Br)nn1CC1CCN(C(=O)OC(C)(C)C)CC1. The number of methoxy groups -OCH3 is 1. The molecule has 0 bridgehead atoms. The van der Waals surface area contributed by atoms with Crippen molar-refractivity contribution in [1.29, 1.82) is 0 Å². The Kier molecular flexibility index (Phi) is 5.90. The number of hydrogen-bond acceptors (Lipinski definition) is 5. The molecule has 1 amide bonds. The zero-order valence-corrected chi connectivity index (χ0v) is 16.1. The number of amides is 1. The predicted octanol–water partition coefficient (Wildman–Crippen LogP) is 3.08. The Morgan fingerprint density at radius 2 is 1.96 bits per heavy atom. The van der Waals surface area contributed by atoms with Gasteiger partial charge in [0, 0.05) is 25.7 Å². The maximum Gasteiger partial charge on any atom is 0.410 e. The van der Waals surface area contributed by atoms with Crippen LogP contribution in [0.2, 0.25) is 0 Å². The Balaban J connectivity index is 1.92. The van der Waals surface area contributed by atoms with Crippen molar-refractivity contribution in [2.75, 3.05) is 20.2 Å². The van der Waals surface area contributed by atoms with Gasteiger partial charge in [-0.3, -0.25) is 4.68 Å². The van der Waals surface area contributed by atoms with E-state index in [1.807, 2.05) is 20.8 Å². The first kappa shape index (κ1) is 18.8. The van der Waals surface area contributed by atoms with Crippen LogP contribution in [-0.2, 0) is 16.0 Å². The molecule has 0 spiro atoms. The number of hydrogen-bond donors (Lipinski definition) is 0. The van der Waals surface area contributed by atoms with Crippen LogP contribution < -0.4 is 0 Å². The molecule has 1 aromatic heterocycles. The summed E-state index contributed by atoms with van der Waals surface area (Å²) in [4.78, 5) is 25.6. The summed E-state index contributed by atoms with van der Waals surface area (Å²) in [6, 6.07) is 1.65. The molecule has 2 heterocycles. The van der Waals surface area contributed by atoms with E-state index in [1.165, 1.54) is 7.11 Å². The number of nitrogens with zero attached hydrogens (tertiary/aromatic N) is 3. The third-order valence-corrected chi connectivity index (χ3v) is 4.23. The number of ether oxygens (including phenoxy) is 2. The molecule has 1 fully saturated rings. The van der Waals surface area contributed by atoms with Gasteiger partial charge < -0.3 is 14.4 Å². The maximum atomic E-state index is 12.1. The molecule has 24 heavy (non-hydrogen) atoms. The monoisotopic (exact) mass is 401 g/mol. The average molecular weight is 402 g/mol. The van der Waals surface area contributed by atoms with E-state index in [1.54, 1.807) is 15.6 Å². The summed E-state index contributed by atoms with van der Waals surface area (Å²) >= 11 is 3.29. The highest BCUT2D eigenvalue weighted by Gasteiger charge is 2.28. The van der Waals surface area contributed by atoms with Gasteiger partial charge in [-0.25, -0.2) is 9.59 Å². The van der Waals surface area contributed by atoms with Crippen LogP contribution in [0.5, 0.6) is 0 Å². The van der Waals surface area contributed by atoms with Crippen molar-refractivity contribution in [1.82, 2.24) is 14.7 Å². The lowest BCUT2D eigenvalue weighted by molar-refractivity contribution is 0.0177. The van der Waals surface area contributed by atoms with E-state index < -0.39 is 11.6 Å². The Hall–Kier alpha value is -1.57.